The monoisotopic (exact) mass is 279 g/mol. The van der Waals surface area contributed by atoms with Gasteiger partial charge in [0.1, 0.15) is 17.8 Å². The summed E-state index contributed by atoms with van der Waals surface area (Å²) in [5, 5.41) is 0. The second kappa shape index (κ2) is 5.54. The van der Waals surface area contributed by atoms with E-state index in [1.807, 2.05) is 30.3 Å². The molecule has 0 radical (unpaired) electrons. The molecule has 6 heteroatoms. The zero-order chi connectivity index (χ0) is 14.7. The number of nitrogens with two attached hydrogens (primary N) is 1. The lowest BCUT2D eigenvalue weighted by Gasteiger charge is -2.06. The molecule has 2 aromatic heterocycles. The summed E-state index contributed by atoms with van der Waals surface area (Å²) in [6, 6.07) is 13.2. The minimum absolute atomic E-state index is 0.386. The smallest absolute Gasteiger partial charge is 0.216 e. The third-order valence-electron chi connectivity index (χ3n) is 2.90. The predicted molar refractivity (Wildman–Crippen MR) is 79.5 cm³/mol. The number of rotatable bonds is 3. The van der Waals surface area contributed by atoms with E-state index in [1.165, 1.54) is 6.33 Å². The van der Waals surface area contributed by atoms with Gasteiger partial charge in [-0.05, 0) is 0 Å². The van der Waals surface area contributed by atoms with Crippen molar-refractivity contribution in [3.8, 4) is 28.7 Å². The van der Waals surface area contributed by atoms with Crippen LogP contribution in [-0.2, 0) is 0 Å². The standard InChI is InChI=1S/C15H13N5O/c1-21-14-8-12(17-9-18-14)15-19-11(7-13(16)20-15)10-5-3-2-4-6-10/h2-9H,1H3,(H2,16,19,20). The summed E-state index contributed by atoms with van der Waals surface area (Å²) in [4.78, 5) is 16.9. The van der Waals surface area contributed by atoms with Gasteiger partial charge in [0.2, 0.25) is 5.88 Å². The van der Waals surface area contributed by atoms with Crippen LogP contribution in [-0.4, -0.2) is 27.0 Å². The molecule has 0 amide bonds. The molecule has 0 unspecified atom stereocenters. The minimum Gasteiger partial charge on any atom is -0.481 e. The van der Waals surface area contributed by atoms with Crippen LogP contribution in [0.4, 0.5) is 5.82 Å². The first-order chi connectivity index (χ1) is 10.3. The van der Waals surface area contributed by atoms with Gasteiger partial charge in [0.15, 0.2) is 5.82 Å². The molecule has 0 saturated carbocycles. The van der Waals surface area contributed by atoms with E-state index in [0.717, 1.165) is 11.3 Å². The summed E-state index contributed by atoms with van der Waals surface area (Å²) >= 11 is 0. The number of methoxy groups -OCH3 is 1. The lowest BCUT2D eigenvalue weighted by molar-refractivity contribution is 0.397. The second-order valence-corrected chi connectivity index (χ2v) is 4.31. The first kappa shape index (κ1) is 13.0. The summed E-state index contributed by atoms with van der Waals surface area (Å²) in [6.07, 6.45) is 1.41. The van der Waals surface area contributed by atoms with Crippen molar-refractivity contribution in [3.63, 3.8) is 0 Å². The summed E-state index contributed by atoms with van der Waals surface area (Å²) in [7, 11) is 1.54. The van der Waals surface area contributed by atoms with E-state index in [4.69, 9.17) is 10.5 Å². The van der Waals surface area contributed by atoms with Gasteiger partial charge >= 0.3 is 0 Å². The summed E-state index contributed by atoms with van der Waals surface area (Å²) < 4.78 is 5.08. The Morgan fingerprint density at radius 3 is 2.52 bits per heavy atom. The SMILES string of the molecule is COc1cc(-c2nc(N)cc(-c3ccccc3)n2)ncn1. The fourth-order valence-electron chi connectivity index (χ4n) is 1.91. The van der Waals surface area contributed by atoms with Crippen molar-refractivity contribution in [2.75, 3.05) is 12.8 Å². The molecular weight excluding hydrogens is 266 g/mol. The Balaban J connectivity index is 2.09. The summed E-state index contributed by atoms with van der Waals surface area (Å²) in [5.41, 5.74) is 8.15. The van der Waals surface area contributed by atoms with Crippen molar-refractivity contribution < 1.29 is 4.74 Å². The number of nitrogen functional groups attached to an aromatic ring is 1. The Bertz CT molecular complexity index is 761. The molecule has 104 valence electrons. The molecule has 0 saturated heterocycles. The Hall–Kier alpha value is -3.02. The van der Waals surface area contributed by atoms with E-state index in [1.54, 1.807) is 19.2 Å². The highest BCUT2D eigenvalue weighted by atomic mass is 16.5. The molecule has 0 fully saturated rings. The molecule has 2 heterocycles. The van der Waals surface area contributed by atoms with Crippen molar-refractivity contribution in [1.82, 2.24) is 19.9 Å². The number of aromatic nitrogens is 4. The van der Waals surface area contributed by atoms with Gasteiger partial charge in [-0.15, -0.1) is 0 Å². The fourth-order valence-corrected chi connectivity index (χ4v) is 1.91. The van der Waals surface area contributed by atoms with Gasteiger partial charge in [0.25, 0.3) is 0 Å². The highest BCUT2D eigenvalue weighted by molar-refractivity contribution is 5.65. The molecule has 3 rings (SSSR count). The topological polar surface area (TPSA) is 86.8 Å². The van der Waals surface area contributed by atoms with E-state index < -0.39 is 0 Å². The lowest BCUT2D eigenvalue weighted by atomic mass is 10.1. The average molecular weight is 279 g/mol. The van der Waals surface area contributed by atoms with Crippen LogP contribution >= 0.6 is 0 Å². The van der Waals surface area contributed by atoms with Crippen molar-refractivity contribution in [3.05, 3.63) is 48.8 Å². The molecule has 0 bridgehead atoms. The van der Waals surface area contributed by atoms with Crippen LogP contribution < -0.4 is 10.5 Å². The Kier molecular flexibility index (Phi) is 3.42. The highest BCUT2D eigenvalue weighted by Crippen LogP contribution is 2.23. The minimum atomic E-state index is 0.386. The maximum Gasteiger partial charge on any atom is 0.216 e. The fraction of sp³-hybridized carbons (Fsp3) is 0.0667. The molecule has 0 aliphatic carbocycles. The molecule has 0 spiro atoms. The van der Waals surface area contributed by atoms with Crippen molar-refractivity contribution in [2.45, 2.75) is 0 Å². The maximum atomic E-state index is 5.88. The Morgan fingerprint density at radius 2 is 1.76 bits per heavy atom. The molecule has 6 nitrogen and oxygen atoms in total. The van der Waals surface area contributed by atoms with Gasteiger partial charge in [-0.2, -0.15) is 0 Å². The molecule has 0 aliphatic rings. The van der Waals surface area contributed by atoms with Crippen molar-refractivity contribution >= 4 is 5.82 Å². The number of ether oxygens (including phenoxy) is 1. The van der Waals surface area contributed by atoms with Gasteiger partial charge < -0.3 is 10.5 Å². The van der Waals surface area contributed by atoms with Crippen LogP contribution in [0.15, 0.2) is 48.8 Å². The second-order valence-electron chi connectivity index (χ2n) is 4.31. The van der Waals surface area contributed by atoms with Crippen LogP contribution in [0.3, 0.4) is 0 Å². The lowest BCUT2D eigenvalue weighted by Crippen LogP contribution is -2.00. The normalized spacial score (nSPS) is 10.3. The van der Waals surface area contributed by atoms with E-state index in [-0.39, 0.29) is 0 Å². The number of hydrogen-bond acceptors (Lipinski definition) is 6. The van der Waals surface area contributed by atoms with Crippen LogP contribution in [0, 0.1) is 0 Å². The van der Waals surface area contributed by atoms with Crippen LogP contribution in [0.25, 0.3) is 22.8 Å². The van der Waals surface area contributed by atoms with Crippen LogP contribution in [0.1, 0.15) is 0 Å². The zero-order valence-corrected chi connectivity index (χ0v) is 11.4. The number of anilines is 1. The number of nitrogens with zero attached hydrogens (tertiary/aromatic N) is 4. The molecule has 0 aliphatic heterocycles. The van der Waals surface area contributed by atoms with Crippen LogP contribution in [0.5, 0.6) is 5.88 Å². The van der Waals surface area contributed by atoms with Crippen molar-refractivity contribution in [1.29, 1.82) is 0 Å². The quantitative estimate of drug-likeness (QED) is 0.790. The Morgan fingerprint density at radius 1 is 0.952 bits per heavy atom. The van der Waals surface area contributed by atoms with E-state index >= 15 is 0 Å². The molecule has 1 aromatic carbocycles. The van der Waals surface area contributed by atoms with E-state index in [9.17, 15) is 0 Å². The molecule has 0 atom stereocenters. The molecule has 3 aromatic rings. The van der Waals surface area contributed by atoms with E-state index in [2.05, 4.69) is 19.9 Å². The summed E-state index contributed by atoms with van der Waals surface area (Å²) in [5.74, 6) is 1.28. The Labute approximate surface area is 121 Å². The predicted octanol–water partition coefficient (Wildman–Crippen LogP) is 2.19. The largest absolute Gasteiger partial charge is 0.481 e. The maximum absolute atomic E-state index is 5.88. The number of hydrogen-bond donors (Lipinski definition) is 1. The van der Waals surface area contributed by atoms with E-state index in [0.29, 0.717) is 23.2 Å². The van der Waals surface area contributed by atoms with Gasteiger partial charge in [0.05, 0.1) is 12.8 Å². The molecular formula is C15H13N5O. The van der Waals surface area contributed by atoms with Gasteiger partial charge in [-0.3, -0.25) is 0 Å². The van der Waals surface area contributed by atoms with Gasteiger partial charge in [-0.25, -0.2) is 19.9 Å². The van der Waals surface area contributed by atoms with Gasteiger partial charge in [-0.1, -0.05) is 30.3 Å². The first-order valence-corrected chi connectivity index (χ1v) is 6.32. The number of benzene rings is 1. The van der Waals surface area contributed by atoms with Crippen LogP contribution in [0.2, 0.25) is 0 Å². The summed E-state index contributed by atoms with van der Waals surface area (Å²) in [6.45, 7) is 0. The highest BCUT2D eigenvalue weighted by Gasteiger charge is 2.09. The average Bonchev–Trinajstić information content (AvgIpc) is 2.55. The first-order valence-electron chi connectivity index (χ1n) is 6.32. The van der Waals surface area contributed by atoms with Crippen molar-refractivity contribution in [2.24, 2.45) is 0 Å². The third kappa shape index (κ3) is 2.79. The third-order valence-corrected chi connectivity index (χ3v) is 2.90. The zero-order valence-electron chi connectivity index (χ0n) is 11.4. The molecule has 21 heavy (non-hydrogen) atoms. The van der Waals surface area contributed by atoms with Gasteiger partial charge in [0, 0.05) is 17.7 Å². The molecule has 2 N–H and O–H groups in total.